The fourth-order valence-electron chi connectivity index (χ4n) is 1.48. The van der Waals surface area contributed by atoms with E-state index in [4.69, 9.17) is 18.7 Å². The third-order valence-corrected chi connectivity index (χ3v) is 3.26. The summed E-state index contributed by atoms with van der Waals surface area (Å²) < 4.78 is 35.6. The second-order valence-corrected chi connectivity index (χ2v) is 4.77. The molecular formula is C8H16O7P-. The van der Waals surface area contributed by atoms with Gasteiger partial charge in [-0.25, -0.2) is 0 Å². The molecule has 0 bridgehead atoms. The monoisotopic (exact) mass is 255 g/mol. The summed E-state index contributed by atoms with van der Waals surface area (Å²) in [7, 11) is -0.307. The van der Waals surface area contributed by atoms with Gasteiger partial charge >= 0.3 is 0 Å². The van der Waals surface area contributed by atoms with Crippen molar-refractivity contribution in [3.8, 4) is 0 Å². The highest BCUT2D eigenvalue weighted by Crippen LogP contribution is 2.41. The predicted octanol–water partition coefficient (Wildman–Crippen LogP) is -0.453. The summed E-state index contributed by atoms with van der Waals surface area (Å²) >= 11 is 0. The normalized spacial score (nSPS) is 33.9. The molecule has 0 aromatic rings. The highest BCUT2D eigenvalue weighted by molar-refractivity contribution is 7.45. The molecule has 7 nitrogen and oxygen atoms in total. The average Bonchev–Trinajstić information content (AvgIpc) is 2.61. The minimum atomic E-state index is -4.30. The Morgan fingerprint density at radius 1 is 1.44 bits per heavy atom. The molecule has 1 rings (SSSR count). The van der Waals surface area contributed by atoms with Gasteiger partial charge in [-0.1, -0.05) is 0 Å². The Kier molecular flexibility index (Phi) is 5.33. The minimum absolute atomic E-state index is 0.230. The number of phosphoric ester groups is 1. The van der Waals surface area contributed by atoms with E-state index in [1.54, 1.807) is 0 Å². The Hall–Kier alpha value is -0.0100. The largest absolute Gasteiger partial charge is 0.756 e. The van der Waals surface area contributed by atoms with Crippen LogP contribution in [-0.4, -0.2) is 52.9 Å². The van der Waals surface area contributed by atoms with Crippen LogP contribution < -0.4 is 4.89 Å². The van der Waals surface area contributed by atoms with Gasteiger partial charge in [0.05, 0.1) is 13.2 Å². The molecule has 1 heterocycles. The van der Waals surface area contributed by atoms with Gasteiger partial charge in [0.15, 0.2) is 0 Å². The van der Waals surface area contributed by atoms with Gasteiger partial charge < -0.3 is 28.2 Å². The van der Waals surface area contributed by atoms with Crippen molar-refractivity contribution in [3.05, 3.63) is 0 Å². The second kappa shape index (κ2) is 6.07. The molecule has 0 N–H and O–H groups in total. The average molecular weight is 255 g/mol. The summed E-state index contributed by atoms with van der Waals surface area (Å²) in [5.74, 6) is 0. The van der Waals surface area contributed by atoms with Gasteiger partial charge in [-0.15, -0.1) is 0 Å². The summed E-state index contributed by atoms with van der Waals surface area (Å²) in [5, 5.41) is 0. The molecule has 1 aliphatic heterocycles. The molecule has 0 saturated carbocycles. The molecule has 16 heavy (non-hydrogen) atoms. The first kappa shape index (κ1) is 14.1. The van der Waals surface area contributed by atoms with Crippen LogP contribution in [0.2, 0.25) is 0 Å². The molecule has 0 aromatic heterocycles. The topological polar surface area (TPSA) is 86.3 Å². The molecule has 0 amide bonds. The highest BCUT2D eigenvalue weighted by atomic mass is 31.2. The summed E-state index contributed by atoms with van der Waals surface area (Å²) in [5.41, 5.74) is 0. The van der Waals surface area contributed by atoms with Crippen LogP contribution in [0.3, 0.4) is 0 Å². The zero-order valence-corrected chi connectivity index (χ0v) is 10.3. The Balaban J connectivity index is 2.66. The molecule has 4 atom stereocenters. The smallest absolute Gasteiger partial charge is 0.268 e. The van der Waals surface area contributed by atoms with E-state index in [-0.39, 0.29) is 13.2 Å². The molecule has 0 aliphatic carbocycles. The Morgan fingerprint density at radius 3 is 2.62 bits per heavy atom. The first-order chi connectivity index (χ1) is 7.54. The van der Waals surface area contributed by atoms with Crippen LogP contribution in [0.5, 0.6) is 0 Å². The first-order valence-electron chi connectivity index (χ1n) is 4.72. The third-order valence-electron chi connectivity index (χ3n) is 2.32. The maximum absolute atomic E-state index is 11.2. The Bertz CT molecular complexity index is 259. The zero-order chi connectivity index (χ0) is 12.2. The van der Waals surface area contributed by atoms with Crippen LogP contribution in [0.15, 0.2) is 0 Å². The fourth-order valence-corrected chi connectivity index (χ4v) is 2.14. The predicted molar refractivity (Wildman–Crippen MR) is 51.9 cm³/mol. The minimum Gasteiger partial charge on any atom is -0.756 e. The third kappa shape index (κ3) is 3.49. The Labute approximate surface area is 94.2 Å². The van der Waals surface area contributed by atoms with E-state index in [9.17, 15) is 9.46 Å². The van der Waals surface area contributed by atoms with Crippen LogP contribution in [0, 0.1) is 0 Å². The summed E-state index contributed by atoms with van der Waals surface area (Å²) in [4.78, 5) is 11.2. The molecule has 8 heteroatoms. The van der Waals surface area contributed by atoms with E-state index in [1.807, 2.05) is 0 Å². The summed E-state index contributed by atoms with van der Waals surface area (Å²) in [6.45, 7) is 0.493. The highest BCUT2D eigenvalue weighted by Gasteiger charge is 2.40. The quantitative estimate of drug-likeness (QED) is 0.594. The number of hydrogen-bond donors (Lipinski definition) is 0. The standard InChI is InChI=1S/C8H17O7P/c1-11-4-7-8(6(12-2)5-14-7)15-16(9,10)13-3/h6-8H,4-5H2,1-3H3,(H,9,10)/p-1/t6-,7-,8?/m1/s1. The molecule has 1 fully saturated rings. The van der Waals surface area contributed by atoms with Gasteiger partial charge in [0.1, 0.15) is 18.3 Å². The van der Waals surface area contributed by atoms with E-state index < -0.39 is 26.1 Å². The SMILES string of the molecule is COC[C@H]1OC[C@@H](OC)C1OP(=O)([O-])OC. The van der Waals surface area contributed by atoms with Crippen LogP contribution in [0.4, 0.5) is 0 Å². The van der Waals surface area contributed by atoms with E-state index in [0.717, 1.165) is 7.11 Å². The zero-order valence-electron chi connectivity index (χ0n) is 9.45. The van der Waals surface area contributed by atoms with Crippen molar-refractivity contribution in [1.82, 2.24) is 0 Å². The second-order valence-electron chi connectivity index (χ2n) is 3.30. The molecule has 1 aliphatic rings. The molecule has 2 unspecified atom stereocenters. The van der Waals surface area contributed by atoms with Gasteiger partial charge in [-0.3, -0.25) is 4.57 Å². The Morgan fingerprint density at radius 2 is 2.12 bits per heavy atom. The summed E-state index contributed by atoms with van der Waals surface area (Å²) in [6, 6.07) is 0. The van der Waals surface area contributed by atoms with Gasteiger partial charge in [0, 0.05) is 21.3 Å². The fraction of sp³-hybridized carbons (Fsp3) is 1.00. The van der Waals surface area contributed by atoms with Crippen molar-refractivity contribution in [1.29, 1.82) is 0 Å². The van der Waals surface area contributed by atoms with Crippen molar-refractivity contribution in [2.45, 2.75) is 18.3 Å². The van der Waals surface area contributed by atoms with Crippen molar-refractivity contribution in [2.24, 2.45) is 0 Å². The maximum atomic E-state index is 11.2. The first-order valence-corrected chi connectivity index (χ1v) is 6.18. The van der Waals surface area contributed by atoms with E-state index >= 15 is 0 Å². The number of methoxy groups -OCH3 is 2. The lowest BCUT2D eigenvalue weighted by atomic mass is 10.1. The molecule has 0 spiro atoms. The number of rotatable bonds is 6. The van der Waals surface area contributed by atoms with Crippen molar-refractivity contribution in [2.75, 3.05) is 34.5 Å². The van der Waals surface area contributed by atoms with Crippen molar-refractivity contribution < 1.29 is 32.7 Å². The molecule has 0 aromatic carbocycles. The van der Waals surface area contributed by atoms with Crippen LogP contribution >= 0.6 is 7.82 Å². The number of hydrogen-bond acceptors (Lipinski definition) is 7. The van der Waals surface area contributed by atoms with E-state index in [2.05, 4.69) is 4.52 Å². The van der Waals surface area contributed by atoms with Crippen LogP contribution in [0.1, 0.15) is 0 Å². The van der Waals surface area contributed by atoms with Crippen molar-refractivity contribution in [3.63, 3.8) is 0 Å². The number of ether oxygens (including phenoxy) is 3. The lowest BCUT2D eigenvalue weighted by Crippen LogP contribution is -2.37. The summed E-state index contributed by atoms with van der Waals surface area (Å²) in [6.07, 6.45) is -1.67. The van der Waals surface area contributed by atoms with Crippen LogP contribution in [-0.2, 0) is 27.8 Å². The molecule has 0 radical (unpaired) electrons. The van der Waals surface area contributed by atoms with Gasteiger partial charge in [-0.05, 0) is 0 Å². The molecule has 1 saturated heterocycles. The van der Waals surface area contributed by atoms with Gasteiger partial charge in [0.2, 0.25) is 0 Å². The molecular weight excluding hydrogens is 239 g/mol. The van der Waals surface area contributed by atoms with Gasteiger partial charge in [-0.2, -0.15) is 0 Å². The van der Waals surface area contributed by atoms with E-state index in [1.165, 1.54) is 14.2 Å². The van der Waals surface area contributed by atoms with Crippen LogP contribution in [0.25, 0.3) is 0 Å². The lowest BCUT2D eigenvalue weighted by molar-refractivity contribution is -0.231. The molecule has 96 valence electrons. The van der Waals surface area contributed by atoms with Gasteiger partial charge in [0.25, 0.3) is 7.82 Å². The maximum Gasteiger partial charge on any atom is 0.268 e. The van der Waals surface area contributed by atoms with E-state index in [0.29, 0.717) is 0 Å². The van der Waals surface area contributed by atoms with Crippen molar-refractivity contribution >= 4 is 7.82 Å². The lowest BCUT2D eigenvalue weighted by Gasteiger charge is -2.29. The number of phosphoric acid groups is 1.